The number of aryl methyl sites for hydroxylation is 1. The zero-order valence-electron chi connectivity index (χ0n) is 17.3. The first-order chi connectivity index (χ1) is 15.8. The molecule has 2 aromatic carbocycles. The van der Waals surface area contributed by atoms with E-state index in [1.54, 1.807) is 37.3 Å². The van der Waals surface area contributed by atoms with E-state index in [2.05, 4.69) is 19.6 Å². The fraction of sp³-hybridized carbons (Fsp3) is 0.143. The van der Waals surface area contributed by atoms with Crippen LogP contribution in [-0.2, 0) is 20.3 Å². The highest BCUT2D eigenvalue weighted by Gasteiger charge is 2.21. The van der Waals surface area contributed by atoms with E-state index in [1.165, 1.54) is 36.9 Å². The van der Waals surface area contributed by atoms with Crippen LogP contribution in [-0.4, -0.2) is 23.1 Å². The fourth-order valence-corrected chi connectivity index (χ4v) is 3.40. The molecule has 0 saturated heterocycles. The van der Waals surface area contributed by atoms with E-state index >= 15 is 0 Å². The molecule has 3 aromatic rings. The van der Waals surface area contributed by atoms with Gasteiger partial charge in [-0.3, -0.25) is 9.42 Å². The minimum absolute atomic E-state index is 0.0154. The molecule has 0 N–H and O–H groups in total. The second kappa shape index (κ2) is 10.3. The summed E-state index contributed by atoms with van der Waals surface area (Å²) in [5, 5.41) is 23.7. The molecule has 0 bridgehead atoms. The van der Waals surface area contributed by atoms with Crippen LogP contribution in [0, 0.1) is 23.5 Å². The third kappa shape index (κ3) is 5.66. The number of ether oxygens (including phenoxy) is 1. The van der Waals surface area contributed by atoms with Crippen LogP contribution >= 0.6 is 11.8 Å². The van der Waals surface area contributed by atoms with Crippen molar-refractivity contribution in [2.75, 3.05) is 0 Å². The number of nitriles is 1. The molecule has 0 fully saturated rings. The van der Waals surface area contributed by atoms with Gasteiger partial charge in [-0.1, -0.05) is 12.1 Å². The molecule has 0 spiro atoms. The van der Waals surface area contributed by atoms with E-state index in [9.17, 15) is 19.6 Å². The van der Waals surface area contributed by atoms with Gasteiger partial charge in [0.1, 0.15) is 11.3 Å². The Morgan fingerprint density at radius 1 is 1.15 bits per heavy atom. The predicted octanol–water partition coefficient (Wildman–Crippen LogP) is 2.63. The van der Waals surface area contributed by atoms with E-state index in [1.807, 2.05) is 0 Å². The number of benzene rings is 2. The molecule has 0 saturated carbocycles. The number of rotatable bonds is 6. The van der Waals surface area contributed by atoms with Gasteiger partial charge in [0.25, 0.3) is 5.69 Å². The molecule has 0 atom stereocenters. The monoisotopic (exact) mass is 469 g/mol. The standard InChI is InChI=1S/C21H15N3O8S/c1-12-4-3-5-16(19(12)29-13(2)25)21(27)31-30-20(26)14-6-8-15(9-7-14)33-11-17-18(10-22)24(28)32-23-17/h3-9H,11H2,1-2H3. The van der Waals surface area contributed by atoms with E-state index in [0.29, 0.717) is 10.5 Å². The quantitative estimate of drug-likeness (QED) is 0.131. The van der Waals surface area contributed by atoms with Crippen molar-refractivity contribution in [2.24, 2.45) is 0 Å². The highest BCUT2D eigenvalue weighted by Crippen LogP contribution is 2.25. The third-order valence-electron chi connectivity index (χ3n) is 4.12. The maximum Gasteiger partial charge on any atom is 0.390 e. The molecule has 1 heterocycles. The lowest BCUT2D eigenvalue weighted by atomic mass is 10.1. The van der Waals surface area contributed by atoms with E-state index in [4.69, 9.17) is 10.00 Å². The molecular weight excluding hydrogens is 454 g/mol. The zero-order valence-corrected chi connectivity index (χ0v) is 18.1. The Balaban J connectivity index is 1.59. The van der Waals surface area contributed by atoms with Crippen molar-refractivity contribution in [3.63, 3.8) is 0 Å². The van der Waals surface area contributed by atoms with Crippen LogP contribution in [0.15, 0.2) is 52.0 Å². The third-order valence-corrected chi connectivity index (χ3v) is 5.15. The van der Waals surface area contributed by atoms with Gasteiger partial charge in [0, 0.05) is 17.0 Å². The predicted molar refractivity (Wildman–Crippen MR) is 110 cm³/mol. The number of carbonyl (C=O) groups is 3. The van der Waals surface area contributed by atoms with Crippen LogP contribution < -0.4 is 9.64 Å². The minimum atomic E-state index is -1.01. The lowest BCUT2D eigenvalue weighted by Crippen LogP contribution is -2.26. The number of thioether (sulfide) groups is 1. The van der Waals surface area contributed by atoms with Crippen LogP contribution in [0.4, 0.5) is 0 Å². The summed E-state index contributed by atoms with van der Waals surface area (Å²) in [4.78, 5) is 45.8. The van der Waals surface area contributed by atoms with Crippen molar-refractivity contribution in [1.82, 2.24) is 5.16 Å². The van der Waals surface area contributed by atoms with Gasteiger partial charge in [-0.2, -0.15) is 5.26 Å². The van der Waals surface area contributed by atoms with E-state index < -0.39 is 17.9 Å². The lowest BCUT2D eigenvalue weighted by molar-refractivity contribution is -0.804. The number of esters is 1. The Labute approximate surface area is 190 Å². The highest BCUT2D eigenvalue weighted by atomic mass is 32.2. The SMILES string of the molecule is CC(=O)Oc1c(C)cccc1C(=O)OOC(=O)c1ccc(SCc2no[n+]([O-])c2C#N)cc1. The average molecular weight is 469 g/mol. The number of hydrogen-bond acceptors (Lipinski definition) is 11. The van der Waals surface area contributed by atoms with Gasteiger partial charge in [-0.05, 0) is 47.7 Å². The van der Waals surface area contributed by atoms with Crippen LogP contribution in [0.25, 0.3) is 0 Å². The Kier molecular flexibility index (Phi) is 7.27. The summed E-state index contributed by atoms with van der Waals surface area (Å²) in [5.74, 6) is -2.33. The van der Waals surface area contributed by atoms with Crippen LogP contribution in [0.5, 0.6) is 5.75 Å². The largest absolute Gasteiger partial charge is 0.426 e. The van der Waals surface area contributed by atoms with Gasteiger partial charge >= 0.3 is 17.9 Å². The van der Waals surface area contributed by atoms with E-state index in [-0.39, 0.29) is 38.9 Å². The van der Waals surface area contributed by atoms with Gasteiger partial charge in [0.2, 0.25) is 5.69 Å². The first-order valence-corrected chi connectivity index (χ1v) is 10.2. The highest BCUT2D eigenvalue weighted by molar-refractivity contribution is 7.98. The fourth-order valence-electron chi connectivity index (χ4n) is 2.58. The molecule has 0 amide bonds. The van der Waals surface area contributed by atoms with E-state index in [0.717, 1.165) is 0 Å². The average Bonchev–Trinajstić information content (AvgIpc) is 3.16. The molecule has 3 rings (SSSR count). The molecule has 0 aliphatic carbocycles. The lowest BCUT2D eigenvalue weighted by Gasteiger charge is -2.10. The summed E-state index contributed by atoms with van der Waals surface area (Å²) in [6.45, 7) is 2.83. The first kappa shape index (κ1) is 23.3. The number of hydrogen-bond donors (Lipinski definition) is 0. The van der Waals surface area contributed by atoms with Gasteiger partial charge in [-0.25, -0.2) is 19.4 Å². The van der Waals surface area contributed by atoms with Gasteiger partial charge in [0.15, 0.2) is 6.07 Å². The molecule has 33 heavy (non-hydrogen) atoms. The van der Waals surface area contributed by atoms with Crippen molar-refractivity contribution >= 4 is 29.7 Å². The maximum atomic E-state index is 12.3. The molecule has 0 aliphatic rings. The number of aromatic nitrogens is 2. The molecule has 11 nitrogen and oxygen atoms in total. The summed E-state index contributed by atoms with van der Waals surface area (Å²) in [7, 11) is 0. The Hall–Kier alpha value is -4.37. The summed E-state index contributed by atoms with van der Waals surface area (Å²) < 4.78 is 9.43. The van der Waals surface area contributed by atoms with Gasteiger partial charge < -0.3 is 9.94 Å². The second-order valence-electron chi connectivity index (χ2n) is 6.44. The topological polar surface area (TPSA) is 156 Å². The summed E-state index contributed by atoms with van der Waals surface area (Å²) in [5.41, 5.74) is 0.519. The van der Waals surface area contributed by atoms with Crippen LogP contribution in [0.2, 0.25) is 0 Å². The zero-order chi connectivity index (χ0) is 24.0. The van der Waals surface area contributed by atoms with Gasteiger partial charge in [-0.15, -0.1) is 11.8 Å². The van der Waals surface area contributed by atoms with Crippen molar-refractivity contribution in [1.29, 1.82) is 5.26 Å². The first-order valence-electron chi connectivity index (χ1n) is 9.23. The molecule has 0 unspecified atom stereocenters. The summed E-state index contributed by atoms with van der Waals surface area (Å²) >= 11 is 1.26. The normalized spacial score (nSPS) is 10.2. The second-order valence-corrected chi connectivity index (χ2v) is 7.49. The van der Waals surface area contributed by atoms with Crippen molar-refractivity contribution in [2.45, 2.75) is 24.5 Å². The molecule has 0 radical (unpaired) electrons. The van der Waals surface area contributed by atoms with Gasteiger partial charge in [0.05, 0.1) is 11.3 Å². The smallest absolute Gasteiger partial charge is 0.390 e. The number of nitrogens with zero attached hydrogens (tertiary/aromatic N) is 3. The number of para-hydroxylation sites is 1. The van der Waals surface area contributed by atoms with Crippen LogP contribution in [0.3, 0.4) is 0 Å². The number of carbonyl (C=O) groups excluding carboxylic acids is 3. The Morgan fingerprint density at radius 3 is 2.52 bits per heavy atom. The summed E-state index contributed by atoms with van der Waals surface area (Å²) in [6, 6.07) is 12.4. The minimum Gasteiger partial charge on any atom is -0.426 e. The molecule has 12 heteroatoms. The van der Waals surface area contributed by atoms with Crippen LogP contribution in [0.1, 0.15) is 44.6 Å². The molecule has 0 aliphatic heterocycles. The molecular formula is C21H15N3O8S. The van der Waals surface area contributed by atoms with Crippen molar-refractivity contribution in [3.05, 3.63) is 75.8 Å². The van der Waals surface area contributed by atoms with Crippen molar-refractivity contribution in [3.8, 4) is 11.8 Å². The van der Waals surface area contributed by atoms with Crippen molar-refractivity contribution < 1.29 is 38.4 Å². The Morgan fingerprint density at radius 2 is 1.85 bits per heavy atom. The summed E-state index contributed by atoms with van der Waals surface area (Å²) in [6.07, 6.45) is 0. The maximum absolute atomic E-state index is 12.3. The molecule has 1 aromatic heterocycles. The Bertz CT molecular complexity index is 1250. The molecule has 168 valence electrons.